The molecule has 1 saturated carbocycles. The fourth-order valence-electron chi connectivity index (χ4n) is 3.59. The molecule has 0 spiro atoms. The van der Waals surface area contributed by atoms with Crippen molar-refractivity contribution in [2.24, 2.45) is 5.92 Å². The summed E-state index contributed by atoms with van der Waals surface area (Å²) in [5.74, 6) is 0.196. The van der Waals surface area contributed by atoms with E-state index >= 15 is 0 Å². The highest BCUT2D eigenvalue weighted by Gasteiger charge is 2.30. The number of carbonyl (C=O) groups is 1. The Morgan fingerprint density at radius 1 is 1.29 bits per heavy atom. The van der Waals surface area contributed by atoms with Gasteiger partial charge in [-0.1, -0.05) is 23.7 Å². The molecule has 1 atom stereocenters. The summed E-state index contributed by atoms with van der Waals surface area (Å²) in [6.45, 7) is 2.58. The monoisotopic (exact) mass is 454 g/mol. The fourth-order valence-corrected chi connectivity index (χ4v) is 4.35. The molecule has 1 aliphatic rings. The number of carboxylic acid groups (broad SMARTS) is 1. The van der Waals surface area contributed by atoms with Crippen LogP contribution in [-0.4, -0.2) is 41.6 Å². The fraction of sp³-hybridized carbons (Fsp3) is 0.286. The lowest BCUT2D eigenvalue weighted by molar-refractivity contribution is 0.0684. The predicted octanol–water partition coefficient (Wildman–Crippen LogP) is 4.56. The van der Waals surface area contributed by atoms with Gasteiger partial charge in [0.15, 0.2) is 22.3 Å². The van der Waals surface area contributed by atoms with Gasteiger partial charge in [-0.3, -0.25) is 0 Å². The highest BCUT2D eigenvalue weighted by Crippen LogP contribution is 2.36. The topological polar surface area (TPSA) is 106 Å². The van der Waals surface area contributed by atoms with E-state index in [0.717, 1.165) is 23.4 Å². The third-order valence-corrected chi connectivity index (χ3v) is 6.39. The number of anilines is 1. The molecule has 1 fully saturated rings. The molecule has 2 N–H and O–H groups in total. The van der Waals surface area contributed by atoms with Crippen LogP contribution in [0.2, 0.25) is 5.02 Å². The molecule has 3 aromatic heterocycles. The van der Waals surface area contributed by atoms with Crippen molar-refractivity contribution in [1.29, 1.82) is 0 Å². The largest absolute Gasteiger partial charge is 0.475 e. The number of rotatable bonds is 7. The summed E-state index contributed by atoms with van der Waals surface area (Å²) in [5, 5.41) is 16.2. The standard InChI is InChI=1S/C21H19ClN6O2S/c1-11(13-4-5-13)24-16-15-17(26-18(25-16)21(29)30)27-19(20-23-8-9-31-20)28(15)10-12-2-6-14(22)7-3-12/h2-3,6-9,11,13H,4-5,10H2,1H3,(H,29,30)(H,24,25,26). The number of hydrogen-bond donors (Lipinski definition) is 2. The Kier molecular flexibility index (Phi) is 5.07. The number of aromatic nitrogens is 5. The van der Waals surface area contributed by atoms with Gasteiger partial charge in [0, 0.05) is 29.2 Å². The molecule has 0 aliphatic heterocycles. The van der Waals surface area contributed by atoms with Crippen LogP contribution < -0.4 is 5.32 Å². The lowest BCUT2D eigenvalue weighted by atomic mass is 10.2. The van der Waals surface area contributed by atoms with Crippen LogP contribution in [-0.2, 0) is 6.54 Å². The number of benzene rings is 1. The van der Waals surface area contributed by atoms with Crippen LogP contribution in [0, 0.1) is 5.92 Å². The van der Waals surface area contributed by atoms with Crippen molar-refractivity contribution in [2.75, 3.05) is 5.32 Å². The number of hydrogen-bond acceptors (Lipinski definition) is 7. The van der Waals surface area contributed by atoms with Crippen LogP contribution in [0.25, 0.3) is 22.0 Å². The maximum atomic E-state index is 11.7. The average Bonchev–Trinajstić information content (AvgIpc) is 3.34. The van der Waals surface area contributed by atoms with E-state index in [-0.39, 0.29) is 11.9 Å². The van der Waals surface area contributed by atoms with Crippen molar-refractivity contribution in [2.45, 2.75) is 32.4 Å². The number of fused-ring (bicyclic) bond motifs is 1. The van der Waals surface area contributed by atoms with Gasteiger partial charge in [0.1, 0.15) is 5.52 Å². The number of imidazole rings is 1. The Balaban J connectivity index is 1.71. The molecule has 5 rings (SSSR count). The molecule has 31 heavy (non-hydrogen) atoms. The molecule has 1 aliphatic carbocycles. The van der Waals surface area contributed by atoms with Crippen molar-refractivity contribution >= 4 is 45.9 Å². The summed E-state index contributed by atoms with van der Waals surface area (Å²) >= 11 is 7.52. The molecule has 1 unspecified atom stereocenters. The van der Waals surface area contributed by atoms with Crippen LogP contribution in [0.5, 0.6) is 0 Å². The zero-order valence-electron chi connectivity index (χ0n) is 16.6. The van der Waals surface area contributed by atoms with Crippen LogP contribution in [0.15, 0.2) is 35.8 Å². The molecular weight excluding hydrogens is 436 g/mol. The highest BCUT2D eigenvalue weighted by atomic mass is 35.5. The van der Waals surface area contributed by atoms with Gasteiger partial charge in [-0.05, 0) is 43.4 Å². The van der Waals surface area contributed by atoms with E-state index in [9.17, 15) is 9.90 Å². The van der Waals surface area contributed by atoms with Crippen LogP contribution >= 0.6 is 22.9 Å². The van der Waals surface area contributed by atoms with E-state index < -0.39 is 5.97 Å². The average molecular weight is 455 g/mol. The maximum Gasteiger partial charge on any atom is 0.374 e. The molecule has 0 saturated heterocycles. The third-order valence-electron chi connectivity index (χ3n) is 5.37. The van der Waals surface area contributed by atoms with E-state index in [0.29, 0.717) is 40.3 Å². The van der Waals surface area contributed by atoms with Gasteiger partial charge in [0.2, 0.25) is 5.82 Å². The molecule has 10 heteroatoms. The molecular formula is C21H19ClN6O2S. The first kappa shape index (κ1) is 19.9. The predicted molar refractivity (Wildman–Crippen MR) is 120 cm³/mol. The Labute approximate surface area is 187 Å². The van der Waals surface area contributed by atoms with Crippen molar-refractivity contribution < 1.29 is 9.90 Å². The molecule has 4 aromatic rings. The van der Waals surface area contributed by atoms with Crippen LogP contribution in [0.1, 0.15) is 35.9 Å². The number of aromatic carboxylic acids is 1. The molecule has 158 valence electrons. The lowest BCUT2D eigenvalue weighted by Gasteiger charge is -2.16. The summed E-state index contributed by atoms with van der Waals surface area (Å²) in [7, 11) is 0. The molecule has 0 amide bonds. The summed E-state index contributed by atoms with van der Waals surface area (Å²) in [6, 6.07) is 7.75. The van der Waals surface area contributed by atoms with Crippen LogP contribution in [0.3, 0.4) is 0 Å². The van der Waals surface area contributed by atoms with Gasteiger partial charge in [0.25, 0.3) is 0 Å². The van der Waals surface area contributed by atoms with E-state index in [4.69, 9.17) is 11.6 Å². The summed E-state index contributed by atoms with van der Waals surface area (Å²) in [6.07, 6.45) is 4.03. The minimum atomic E-state index is -1.19. The summed E-state index contributed by atoms with van der Waals surface area (Å²) in [5.41, 5.74) is 2.01. The molecule has 8 nitrogen and oxygen atoms in total. The summed E-state index contributed by atoms with van der Waals surface area (Å²) < 4.78 is 1.99. The Morgan fingerprint density at radius 2 is 2.06 bits per heavy atom. The van der Waals surface area contributed by atoms with Crippen molar-refractivity contribution in [1.82, 2.24) is 24.5 Å². The number of carboxylic acids is 1. The van der Waals surface area contributed by atoms with Gasteiger partial charge < -0.3 is 15.0 Å². The van der Waals surface area contributed by atoms with Crippen LogP contribution in [0.4, 0.5) is 5.82 Å². The smallest absolute Gasteiger partial charge is 0.374 e. The zero-order chi connectivity index (χ0) is 21.5. The first-order chi connectivity index (χ1) is 15.0. The normalized spacial score (nSPS) is 14.6. The SMILES string of the molecule is CC(Nc1nc(C(=O)O)nc2nc(-c3nccs3)n(Cc3ccc(Cl)cc3)c12)C1CC1. The number of nitrogens with zero attached hydrogens (tertiary/aromatic N) is 5. The Morgan fingerprint density at radius 3 is 2.71 bits per heavy atom. The van der Waals surface area contributed by atoms with Gasteiger partial charge in [-0.2, -0.15) is 0 Å². The first-order valence-corrected chi connectivity index (χ1v) is 11.2. The van der Waals surface area contributed by atoms with Gasteiger partial charge in [-0.15, -0.1) is 11.3 Å². The second kappa shape index (κ2) is 7.90. The van der Waals surface area contributed by atoms with Crippen molar-refractivity contribution in [3.8, 4) is 10.8 Å². The Bertz CT molecular complexity index is 1250. The third kappa shape index (κ3) is 3.98. The van der Waals surface area contributed by atoms with E-state index in [1.165, 1.54) is 11.3 Å². The summed E-state index contributed by atoms with van der Waals surface area (Å²) in [4.78, 5) is 29.3. The minimum absolute atomic E-state index is 0.168. The maximum absolute atomic E-state index is 11.7. The number of thiazole rings is 1. The van der Waals surface area contributed by atoms with Gasteiger partial charge in [-0.25, -0.2) is 24.7 Å². The zero-order valence-corrected chi connectivity index (χ0v) is 18.2. The quantitative estimate of drug-likeness (QED) is 0.421. The second-order valence-corrected chi connectivity index (χ2v) is 8.96. The minimum Gasteiger partial charge on any atom is -0.475 e. The highest BCUT2D eigenvalue weighted by molar-refractivity contribution is 7.13. The lowest BCUT2D eigenvalue weighted by Crippen LogP contribution is -2.20. The van der Waals surface area contributed by atoms with E-state index in [2.05, 4.69) is 32.2 Å². The molecule has 3 heterocycles. The van der Waals surface area contributed by atoms with E-state index in [1.807, 2.05) is 34.2 Å². The van der Waals surface area contributed by atoms with Gasteiger partial charge >= 0.3 is 5.97 Å². The Hall–Kier alpha value is -3.04. The molecule has 0 radical (unpaired) electrons. The molecule has 1 aromatic carbocycles. The van der Waals surface area contributed by atoms with Gasteiger partial charge in [0.05, 0.1) is 0 Å². The van der Waals surface area contributed by atoms with E-state index in [1.54, 1.807) is 6.20 Å². The molecule has 0 bridgehead atoms. The second-order valence-electron chi connectivity index (χ2n) is 7.63. The van der Waals surface area contributed by atoms with Crippen molar-refractivity contribution in [3.63, 3.8) is 0 Å². The van der Waals surface area contributed by atoms with Crippen molar-refractivity contribution in [3.05, 3.63) is 52.3 Å². The number of halogens is 1. The first-order valence-electron chi connectivity index (χ1n) is 9.92. The number of nitrogens with one attached hydrogen (secondary N) is 1.